The molecule has 6 aromatic carbocycles. The van der Waals surface area contributed by atoms with Crippen LogP contribution >= 0.6 is 22.7 Å². The number of carbonyl (C=O) groups is 4. The Kier molecular flexibility index (Phi) is 5.88. The fourth-order valence-electron chi connectivity index (χ4n) is 7.96. The van der Waals surface area contributed by atoms with Crippen molar-refractivity contribution in [2.24, 2.45) is 7.05 Å². The fraction of sp³-hybridized carbons (Fsp3) is 0.0222. The topological polar surface area (TPSA) is 73.2 Å². The molecule has 0 spiro atoms. The number of allylic oxidation sites excluding steroid dienone is 2. The highest BCUT2D eigenvalue weighted by Gasteiger charge is 2.35. The molecular weight excluding hydrogens is 683 g/mol. The summed E-state index contributed by atoms with van der Waals surface area (Å²) in [6.07, 6.45) is 3.44. The second-order valence-corrected chi connectivity index (χ2v) is 15.8. The Bertz CT molecular complexity index is 2900. The van der Waals surface area contributed by atoms with Crippen molar-refractivity contribution in [3.05, 3.63) is 152 Å². The molecule has 244 valence electrons. The molecule has 0 radical (unpaired) electrons. The Hall–Kier alpha value is -6.28. The molecule has 0 aliphatic heterocycles. The zero-order valence-electron chi connectivity index (χ0n) is 27.4. The second kappa shape index (κ2) is 10.4. The van der Waals surface area contributed by atoms with Crippen LogP contribution in [0.4, 0.5) is 0 Å². The van der Waals surface area contributed by atoms with Crippen molar-refractivity contribution in [1.29, 1.82) is 0 Å². The molecule has 0 atom stereocenters. The minimum atomic E-state index is -0.254. The number of benzene rings is 6. The molecule has 0 fully saturated rings. The highest BCUT2D eigenvalue weighted by Crippen LogP contribution is 2.43. The summed E-state index contributed by atoms with van der Waals surface area (Å²) in [6.45, 7) is 0. The summed E-state index contributed by atoms with van der Waals surface area (Å²) in [5, 5.41) is 8.06. The van der Waals surface area contributed by atoms with Crippen molar-refractivity contribution in [1.82, 2.24) is 4.57 Å². The van der Waals surface area contributed by atoms with Gasteiger partial charge in [0.15, 0.2) is 23.1 Å². The van der Waals surface area contributed by atoms with Gasteiger partial charge >= 0.3 is 0 Å². The SMILES string of the molecule is Cn1c2cc(C=C3C(=O)c4cc5cc6ccccc6cc5cc4C3=O)sc2c2sc(C=C3C(=O)c4cc5cc6ccccc6cc5cc4C3=O)cc21. The summed E-state index contributed by atoms with van der Waals surface area (Å²) in [5.41, 5.74) is 4.10. The van der Waals surface area contributed by atoms with Gasteiger partial charge in [0.05, 0.1) is 31.6 Å². The maximum Gasteiger partial charge on any atom is 0.197 e. The Labute approximate surface area is 303 Å². The molecule has 0 saturated heterocycles. The van der Waals surface area contributed by atoms with Crippen molar-refractivity contribution in [3.63, 3.8) is 0 Å². The van der Waals surface area contributed by atoms with Gasteiger partial charge in [-0.1, -0.05) is 48.5 Å². The third-order valence-corrected chi connectivity index (χ3v) is 12.9. The largest absolute Gasteiger partial charge is 0.342 e. The minimum absolute atomic E-state index is 0.174. The summed E-state index contributed by atoms with van der Waals surface area (Å²) in [4.78, 5) is 56.1. The number of thiophene rings is 2. The molecule has 9 aromatic rings. The van der Waals surface area contributed by atoms with Crippen LogP contribution in [-0.2, 0) is 7.05 Å². The first-order valence-electron chi connectivity index (χ1n) is 16.9. The van der Waals surface area contributed by atoms with Gasteiger partial charge in [-0.3, -0.25) is 19.2 Å². The number of aryl methyl sites for hydroxylation is 1. The third-order valence-electron chi connectivity index (χ3n) is 10.6. The number of nitrogens with zero attached hydrogens (tertiary/aromatic N) is 1. The molecule has 52 heavy (non-hydrogen) atoms. The third kappa shape index (κ3) is 4.09. The highest BCUT2D eigenvalue weighted by molar-refractivity contribution is 7.28. The molecule has 0 saturated carbocycles. The van der Waals surface area contributed by atoms with E-state index in [0.717, 1.165) is 73.3 Å². The van der Waals surface area contributed by atoms with Crippen LogP contribution in [-0.4, -0.2) is 27.7 Å². The standard InChI is InChI=1S/C45H23NO4S2/c1-46-38-20-30(18-36-40(47)32-14-26-10-22-6-2-3-7-23(22)11-27(26)15-33(32)41(36)48)51-44(38)45-39(46)21-31(52-45)19-37-42(49)34-16-28-12-24-8-4-5-9-25(24)13-29(28)17-35(34)43(37)50/h2-21H,1H3. The lowest BCUT2D eigenvalue weighted by Gasteiger charge is -2.04. The van der Waals surface area contributed by atoms with Crippen LogP contribution in [0.5, 0.6) is 0 Å². The molecule has 0 N–H and O–H groups in total. The van der Waals surface area contributed by atoms with Gasteiger partial charge in [-0.25, -0.2) is 0 Å². The summed E-state index contributed by atoms with van der Waals surface area (Å²) in [6, 6.07) is 35.8. The van der Waals surface area contributed by atoms with Crippen LogP contribution in [0.25, 0.3) is 75.7 Å². The molecule has 0 unspecified atom stereocenters. The zero-order valence-corrected chi connectivity index (χ0v) is 29.1. The molecular formula is C45H23NO4S2. The van der Waals surface area contributed by atoms with Crippen LogP contribution < -0.4 is 0 Å². The predicted molar refractivity (Wildman–Crippen MR) is 212 cm³/mol. The van der Waals surface area contributed by atoms with Crippen molar-refractivity contribution >= 4 is 121 Å². The number of hydrogen-bond acceptors (Lipinski definition) is 6. The Morgan fingerprint density at radius 3 is 1.04 bits per heavy atom. The van der Waals surface area contributed by atoms with Crippen LogP contribution in [0.2, 0.25) is 0 Å². The van der Waals surface area contributed by atoms with E-state index in [9.17, 15) is 19.2 Å². The molecule has 0 amide bonds. The van der Waals surface area contributed by atoms with Crippen LogP contribution in [0, 0.1) is 0 Å². The lowest BCUT2D eigenvalue weighted by molar-refractivity contribution is 0.0975. The molecule has 7 heteroatoms. The lowest BCUT2D eigenvalue weighted by atomic mass is 9.99. The van der Waals surface area contributed by atoms with Gasteiger partial charge in [0.1, 0.15) is 0 Å². The van der Waals surface area contributed by atoms with Gasteiger partial charge in [0.25, 0.3) is 0 Å². The van der Waals surface area contributed by atoms with Crippen LogP contribution in [0.15, 0.2) is 120 Å². The zero-order chi connectivity index (χ0) is 35.0. The Morgan fingerprint density at radius 2 is 0.731 bits per heavy atom. The molecule has 2 aliphatic carbocycles. The van der Waals surface area contributed by atoms with Crippen LogP contribution in [0.3, 0.4) is 0 Å². The van der Waals surface area contributed by atoms with Gasteiger partial charge in [0.2, 0.25) is 0 Å². The number of hydrogen-bond donors (Lipinski definition) is 0. The summed E-state index contributed by atoms with van der Waals surface area (Å²) < 4.78 is 4.13. The summed E-state index contributed by atoms with van der Waals surface area (Å²) in [5.74, 6) is -1.02. The van der Waals surface area contributed by atoms with E-state index in [4.69, 9.17) is 0 Å². The van der Waals surface area contributed by atoms with E-state index in [1.807, 2.05) is 92.0 Å². The maximum atomic E-state index is 13.6. The first-order chi connectivity index (χ1) is 25.3. The van der Waals surface area contributed by atoms with Crippen molar-refractivity contribution < 1.29 is 19.2 Å². The molecule has 11 rings (SSSR count). The van der Waals surface area contributed by atoms with E-state index in [0.29, 0.717) is 22.3 Å². The number of Topliss-reactive ketones (excluding diaryl/α,β-unsaturated/α-hetero) is 4. The predicted octanol–water partition coefficient (Wildman–Crippen LogP) is 11.0. The van der Waals surface area contributed by atoms with E-state index in [-0.39, 0.29) is 34.3 Å². The monoisotopic (exact) mass is 705 g/mol. The van der Waals surface area contributed by atoms with E-state index in [1.54, 1.807) is 12.2 Å². The number of aromatic nitrogens is 1. The van der Waals surface area contributed by atoms with Crippen molar-refractivity contribution in [2.45, 2.75) is 0 Å². The Morgan fingerprint density at radius 1 is 0.423 bits per heavy atom. The van der Waals surface area contributed by atoms with Crippen LogP contribution in [0.1, 0.15) is 51.2 Å². The van der Waals surface area contributed by atoms with Gasteiger partial charge in [-0.15, -0.1) is 22.7 Å². The minimum Gasteiger partial charge on any atom is -0.342 e. The highest BCUT2D eigenvalue weighted by atomic mass is 32.1. The second-order valence-electron chi connectivity index (χ2n) is 13.6. The van der Waals surface area contributed by atoms with E-state index in [1.165, 1.54) is 22.7 Å². The maximum absolute atomic E-state index is 13.6. The van der Waals surface area contributed by atoms with Gasteiger partial charge in [-0.2, -0.15) is 0 Å². The lowest BCUT2D eigenvalue weighted by Crippen LogP contribution is -1.99. The fourth-order valence-corrected chi connectivity index (χ4v) is 10.4. The Balaban J connectivity index is 0.947. The molecule has 3 heterocycles. The summed E-state index contributed by atoms with van der Waals surface area (Å²) in [7, 11) is 1.98. The van der Waals surface area contributed by atoms with E-state index >= 15 is 0 Å². The first kappa shape index (κ1) is 29.5. The van der Waals surface area contributed by atoms with Crippen molar-refractivity contribution in [3.8, 4) is 0 Å². The smallest absolute Gasteiger partial charge is 0.197 e. The van der Waals surface area contributed by atoms with Crippen molar-refractivity contribution in [2.75, 3.05) is 0 Å². The quantitative estimate of drug-likeness (QED) is 0.102. The van der Waals surface area contributed by atoms with E-state index < -0.39 is 0 Å². The molecule has 0 bridgehead atoms. The summed E-state index contributed by atoms with van der Waals surface area (Å²) >= 11 is 3.05. The number of ketones is 4. The number of rotatable bonds is 2. The van der Waals surface area contributed by atoms with Gasteiger partial charge in [0, 0.05) is 39.1 Å². The average Bonchev–Trinajstić information content (AvgIpc) is 3.92. The normalized spacial score (nSPS) is 14.3. The molecule has 2 aliphatic rings. The average molecular weight is 706 g/mol. The van der Waals surface area contributed by atoms with Gasteiger partial charge in [-0.05, 0) is 116 Å². The first-order valence-corrected chi connectivity index (χ1v) is 18.5. The number of fused-ring (bicyclic) bond motifs is 9. The van der Waals surface area contributed by atoms with E-state index in [2.05, 4.69) is 28.8 Å². The molecule has 3 aromatic heterocycles. The molecule has 5 nitrogen and oxygen atoms in total. The van der Waals surface area contributed by atoms with Gasteiger partial charge < -0.3 is 4.57 Å². The number of carbonyl (C=O) groups excluding carboxylic acids is 4.